The first-order chi connectivity index (χ1) is 13.6. The smallest absolute Gasteiger partial charge is 0.223 e. The minimum absolute atomic E-state index is 0.0810. The van der Waals surface area contributed by atoms with Gasteiger partial charge in [0.15, 0.2) is 0 Å². The summed E-state index contributed by atoms with van der Waals surface area (Å²) < 4.78 is 0. The lowest BCUT2D eigenvalue weighted by molar-refractivity contribution is -0.125. The second-order valence-corrected chi connectivity index (χ2v) is 9.18. The highest BCUT2D eigenvalue weighted by atomic mass is 32.1. The Labute approximate surface area is 172 Å². The molecule has 6 nitrogen and oxygen atoms in total. The van der Waals surface area contributed by atoms with Crippen LogP contribution < -0.4 is 10.6 Å². The maximum absolute atomic E-state index is 12.4. The lowest BCUT2D eigenvalue weighted by Gasteiger charge is -2.26. The highest BCUT2D eigenvalue weighted by molar-refractivity contribution is 7.09. The van der Waals surface area contributed by atoms with E-state index in [1.807, 2.05) is 5.38 Å². The molecule has 2 fully saturated rings. The molecule has 1 aliphatic carbocycles. The van der Waals surface area contributed by atoms with Gasteiger partial charge < -0.3 is 10.6 Å². The average molecular weight is 407 g/mol. The fourth-order valence-corrected chi connectivity index (χ4v) is 5.27. The van der Waals surface area contributed by atoms with E-state index in [0.717, 1.165) is 49.2 Å². The summed E-state index contributed by atoms with van der Waals surface area (Å²) in [6.07, 6.45) is 9.08. The molecule has 0 unspecified atom stereocenters. The zero-order valence-electron chi connectivity index (χ0n) is 17.2. The van der Waals surface area contributed by atoms with Gasteiger partial charge in [-0.3, -0.25) is 14.5 Å². The normalized spacial score (nSPS) is 23.2. The van der Waals surface area contributed by atoms with Gasteiger partial charge in [0.25, 0.3) is 0 Å². The number of aryl methyl sites for hydroxylation is 1. The van der Waals surface area contributed by atoms with E-state index in [0.29, 0.717) is 25.6 Å². The number of likely N-dealkylation sites (N-methyl/N-ethyl adjacent to an activating group) is 1. The molecule has 2 amide bonds. The van der Waals surface area contributed by atoms with Crippen LogP contribution in [0.2, 0.25) is 0 Å². The van der Waals surface area contributed by atoms with Crippen molar-refractivity contribution in [2.75, 3.05) is 13.6 Å². The van der Waals surface area contributed by atoms with Crippen LogP contribution in [0.1, 0.15) is 69.0 Å². The van der Waals surface area contributed by atoms with Gasteiger partial charge in [-0.2, -0.15) is 0 Å². The molecule has 2 N–H and O–H groups in total. The Morgan fingerprint density at radius 1 is 1.18 bits per heavy atom. The summed E-state index contributed by atoms with van der Waals surface area (Å²) in [4.78, 5) is 31.4. The topological polar surface area (TPSA) is 74.3 Å². The number of rotatable bonds is 9. The van der Waals surface area contributed by atoms with Crippen LogP contribution in [-0.2, 0) is 22.6 Å². The zero-order valence-corrected chi connectivity index (χ0v) is 18.0. The van der Waals surface area contributed by atoms with E-state index in [-0.39, 0.29) is 23.8 Å². The Balaban J connectivity index is 1.37. The number of nitrogens with one attached hydrogen (secondary N) is 2. The fourth-order valence-electron chi connectivity index (χ4n) is 4.37. The molecule has 3 rings (SSSR count). The van der Waals surface area contributed by atoms with Gasteiger partial charge in [0.2, 0.25) is 11.8 Å². The van der Waals surface area contributed by atoms with Gasteiger partial charge in [-0.25, -0.2) is 4.98 Å². The van der Waals surface area contributed by atoms with Gasteiger partial charge in [-0.05, 0) is 45.6 Å². The Morgan fingerprint density at radius 2 is 1.93 bits per heavy atom. The van der Waals surface area contributed by atoms with Crippen LogP contribution in [0.25, 0.3) is 0 Å². The molecule has 1 aromatic rings. The van der Waals surface area contributed by atoms with E-state index in [9.17, 15) is 9.59 Å². The summed E-state index contributed by atoms with van der Waals surface area (Å²) in [5, 5.41) is 9.34. The molecule has 2 aliphatic rings. The second kappa shape index (κ2) is 10.3. The number of carbonyl (C=O) groups excluding carboxylic acids is 2. The molecule has 1 aliphatic heterocycles. The van der Waals surface area contributed by atoms with Crippen molar-refractivity contribution in [3.63, 3.8) is 0 Å². The first kappa shape index (κ1) is 21.2. The Hall–Kier alpha value is -1.47. The van der Waals surface area contributed by atoms with Gasteiger partial charge in [0.05, 0.1) is 17.2 Å². The van der Waals surface area contributed by atoms with Gasteiger partial charge in [0, 0.05) is 36.3 Å². The number of aromatic nitrogens is 1. The third-order valence-corrected chi connectivity index (χ3v) is 7.13. The van der Waals surface area contributed by atoms with Crippen LogP contribution in [0.15, 0.2) is 5.38 Å². The van der Waals surface area contributed by atoms with Crippen LogP contribution in [0, 0.1) is 5.92 Å². The van der Waals surface area contributed by atoms with E-state index >= 15 is 0 Å². The molecular weight excluding hydrogens is 372 g/mol. The largest absolute Gasteiger partial charge is 0.354 e. The quantitative estimate of drug-likeness (QED) is 0.661. The fraction of sp³-hybridized carbons (Fsp3) is 0.762. The summed E-state index contributed by atoms with van der Waals surface area (Å²) in [5.74, 6) is 0.521. The third-order valence-electron chi connectivity index (χ3n) is 6.17. The van der Waals surface area contributed by atoms with Crippen LogP contribution >= 0.6 is 11.3 Å². The molecule has 156 valence electrons. The molecular formula is C21H34N4O2S. The van der Waals surface area contributed by atoms with Crippen molar-refractivity contribution in [1.29, 1.82) is 0 Å². The zero-order chi connectivity index (χ0) is 19.9. The number of nitrogens with zero attached hydrogens (tertiary/aromatic N) is 2. The third kappa shape index (κ3) is 5.77. The lowest BCUT2D eigenvalue weighted by atomic mass is 10.1. The molecule has 28 heavy (non-hydrogen) atoms. The van der Waals surface area contributed by atoms with Crippen molar-refractivity contribution in [2.45, 2.75) is 83.3 Å². The first-order valence-corrected chi connectivity index (χ1v) is 11.6. The average Bonchev–Trinajstić information content (AvgIpc) is 3.42. The maximum Gasteiger partial charge on any atom is 0.223 e. The van der Waals surface area contributed by atoms with Gasteiger partial charge in [-0.1, -0.05) is 19.8 Å². The number of hydrogen-bond acceptors (Lipinski definition) is 5. The summed E-state index contributed by atoms with van der Waals surface area (Å²) in [5.41, 5.74) is 0.953. The van der Waals surface area contributed by atoms with E-state index in [1.54, 1.807) is 11.3 Å². The maximum atomic E-state index is 12.4. The number of likely N-dealkylation sites (tertiary alicyclic amines) is 1. The van der Waals surface area contributed by atoms with E-state index in [2.05, 4.69) is 34.5 Å². The van der Waals surface area contributed by atoms with Crippen LogP contribution in [0.5, 0.6) is 0 Å². The van der Waals surface area contributed by atoms with E-state index in [4.69, 9.17) is 0 Å². The van der Waals surface area contributed by atoms with Crippen molar-refractivity contribution in [3.05, 3.63) is 16.1 Å². The summed E-state index contributed by atoms with van der Waals surface area (Å²) >= 11 is 1.67. The summed E-state index contributed by atoms with van der Waals surface area (Å²) in [6.45, 7) is 3.35. The SMILES string of the molecule is CCCc1nc(CNC(=O)C[C@H]2CC[C@@H](CNC(=O)C3CCCC3)N2C)cs1. The van der Waals surface area contributed by atoms with Crippen molar-refractivity contribution in [2.24, 2.45) is 5.92 Å². The monoisotopic (exact) mass is 406 g/mol. The first-order valence-electron chi connectivity index (χ1n) is 10.8. The van der Waals surface area contributed by atoms with Crippen molar-refractivity contribution >= 4 is 23.2 Å². The van der Waals surface area contributed by atoms with Crippen molar-refractivity contribution in [3.8, 4) is 0 Å². The van der Waals surface area contributed by atoms with E-state index < -0.39 is 0 Å². The van der Waals surface area contributed by atoms with Crippen LogP contribution in [0.4, 0.5) is 0 Å². The molecule has 0 aromatic carbocycles. The summed E-state index contributed by atoms with van der Waals surface area (Å²) in [7, 11) is 2.08. The molecule has 0 bridgehead atoms. The Morgan fingerprint density at radius 3 is 2.68 bits per heavy atom. The minimum atomic E-state index is 0.0810. The molecule has 1 saturated heterocycles. The van der Waals surface area contributed by atoms with Crippen LogP contribution in [0.3, 0.4) is 0 Å². The predicted molar refractivity (Wildman–Crippen MR) is 112 cm³/mol. The highest BCUT2D eigenvalue weighted by Crippen LogP contribution is 2.26. The van der Waals surface area contributed by atoms with Gasteiger partial charge >= 0.3 is 0 Å². The second-order valence-electron chi connectivity index (χ2n) is 8.24. The van der Waals surface area contributed by atoms with Crippen LogP contribution in [-0.4, -0.2) is 47.4 Å². The number of hydrogen-bond donors (Lipinski definition) is 2. The molecule has 7 heteroatoms. The molecule has 2 heterocycles. The standard InChI is InChI=1S/C21H34N4O2S/c1-3-6-20-24-16(14-28-20)12-22-19(26)11-17-9-10-18(25(17)2)13-23-21(27)15-7-4-5-8-15/h14-15,17-18H,3-13H2,1-2H3,(H,22,26)(H,23,27)/t17-,18+/m1/s1. The van der Waals surface area contributed by atoms with Gasteiger partial charge in [-0.15, -0.1) is 11.3 Å². The lowest BCUT2D eigenvalue weighted by Crippen LogP contribution is -2.43. The van der Waals surface area contributed by atoms with Crippen molar-refractivity contribution < 1.29 is 9.59 Å². The molecule has 1 saturated carbocycles. The molecule has 0 radical (unpaired) electrons. The number of amides is 2. The highest BCUT2D eigenvalue weighted by Gasteiger charge is 2.32. The Bertz CT molecular complexity index is 657. The summed E-state index contributed by atoms with van der Waals surface area (Å²) in [6, 6.07) is 0.581. The van der Waals surface area contributed by atoms with Crippen molar-refractivity contribution in [1.82, 2.24) is 20.5 Å². The molecule has 0 spiro atoms. The predicted octanol–water partition coefficient (Wildman–Crippen LogP) is 2.87. The Kier molecular flexibility index (Phi) is 7.85. The number of thiazole rings is 1. The van der Waals surface area contributed by atoms with E-state index in [1.165, 1.54) is 12.8 Å². The van der Waals surface area contributed by atoms with Gasteiger partial charge in [0.1, 0.15) is 0 Å². The minimum Gasteiger partial charge on any atom is -0.354 e. The number of carbonyl (C=O) groups is 2. The molecule has 1 aromatic heterocycles. The molecule has 2 atom stereocenters.